The molecule has 1 heterocycles. The van der Waals surface area contributed by atoms with Crippen molar-refractivity contribution in [3.8, 4) is 5.75 Å². The Labute approximate surface area is 155 Å². The summed E-state index contributed by atoms with van der Waals surface area (Å²) in [6, 6.07) is 5.94. The molecule has 1 aromatic carbocycles. The van der Waals surface area contributed by atoms with Gasteiger partial charge in [0, 0.05) is 31.7 Å². The molecule has 0 bridgehead atoms. The minimum atomic E-state index is -0.0839. The van der Waals surface area contributed by atoms with E-state index in [-0.39, 0.29) is 18.0 Å². The Morgan fingerprint density at radius 3 is 2.88 bits per heavy atom. The van der Waals surface area contributed by atoms with Crippen LogP contribution in [0.4, 0.5) is 4.79 Å². The largest absolute Gasteiger partial charge is 0.491 e. The third kappa shape index (κ3) is 6.22. The summed E-state index contributed by atoms with van der Waals surface area (Å²) in [7, 11) is 1.61. The summed E-state index contributed by atoms with van der Waals surface area (Å²) in [6.45, 7) is 6.43. The first-order valence-corrected chi connectivity index (χ1v) is 9.05. The molecular weight excluding hydrogens is 334 g/mol. The molecule has 0 unspecified atom stereocenters. The second-order valence-corrected chi connectivity index (χ2v) is 6.66. The summed E-state index contributed by atoms with van der Waals surface area (Å²) in [5.74, 6) is 0.810. The average molecular weight is 363 g/mol. The predicted molar refractivity (Wildman–Crippen MR) is 99.2 cm³/mol. The first kappa shape index (κ1) is 20.0. The summed E-state index contributed by atoms with van der Waals surface area (Å²) in [4.78, 5) is 25.9. The maximum atomic E-state index is 12.3. The highest BCUT2D eigenvalue weighted by atomic mass is 16.5. The quantitative estimate of drug-likeness (QED) is 0.723. The predicted octanol–water partition coefficient (Wildman–Crippen LogP) is 1.69. The van der Waals surface area contributed by atoms with Crippen molar-refractivity contribution >= 4 is 11.9 Å². The molecule has 0 saturated carbocycles. The molecule has 0 fully saturated rings. The summed E-state index contributed by atoms with van der Waals surface area (Å²) >= 11 is 0. The van der Waals surface area contributed by atoms with E-state index in [0.29, 0.717) is 45.7 Å². The molecule has 1 aliphatic rings. The molecule has 1 aromatic rings. The van der Waals surface area contributed by atoms with Gasteiger partial charge in [-0.1, -0.05) is 12.1 Å². The number of nitrogens with one attached hydrogen (secondary N) is 2. The van der Waals surface area contributed by atoms with Crippen molar-refractivity contribution in [2.75, 3.05) is 33.4 Å². The molecule has 3 amide bonds. The zero-order valence-electron chi connectivity index (χ0n) is 15.8. The zero-order valence-corrected chi connectivity index (χ0v) is 15.8. The van der Waals surface area contributed by atoms with Crippen LogP contribution in [0.15, 0.2) is 18.2 Å². The lowest BCUT2D eigenvalue weighted by Gasteiger charge is -2.22. The molecule has 0 saturated heterocycles. The van der Waals surface area contributed by atoms with Crippen molar-refractivity contribution in [1.29, 1.82) is 0 Å². The Morgan fingerprint density at radius 2 is 2.15 bits per heavy atom. The SMILES string of the molecule is COCCNC(=O)CCc1ccc2c(c1)CN(C(=O)NC(C)C)CCO2. The molecule has 7 heteroatoms. The number of hydrogen-bond donors (Lipinski definition) is 2. The smallest absolute Gasteiger partial charge is 0.318 e. The highest BCUT2D eigenvalue weighted by Gasteiger charge is 2.20. The van der Waals surface area contributed by atoms with Gasteiger partial charge in [0.05, 0.1) is 19.7 Å². The number of hydrogen-bond acceptors (Lipinski definition) is 4. The van der Waals surface area contributed by atoms with Crippen LogP contribution >= 0.6 is 0 Å². The number of ether oxygens (including phenoxy) is 2. The Bertz CT molecular complexity index is 619. The number of carbonyl (C=O) groups is 2. The van der Waals surface area contributed by atoms with E-state index in [4.69, 9.17) is 9.47 Å². The van der Waals surface area contributed by atoms with Crippen LogP contribution < -0.4 is 15.4 Å². The van der Waals surface area contributed by atoms with Crippen LogP contribution in [0.1, 0.15) is 31.4 Å². The van der Waals surface area contributed by atoms with Gasteiger partial charge in [0.25, 0.3) is 0 Å². The topological polar surface area (TPSA) is 79.9 Å². The van der Waals surface area contributed by atoms with Crippen LogP contribution in [0.3, 0.4) is 0 Å². The molecule has 0 aliphatic carbocycles. The van der Waals surface area contributed by atoms with E-state index in [1.165, 1.54) is 0 Å². The Kier molecular flexibility index (Phi) is 7.72. The zero-order chi connectivity index (χ0) is 18.9. The van der Waals surface area contributed by atoms with Gasteiger partial charge in [-0.3, -0.25) is 4.79 Å². The Balaban J connectivity index is 1.96. The first-order chi connectivity index (χ1) is 12.5. The molecular formula is C19H29N3O4. The van der Waals surface area contributed by atoms with Gasteiger partial charge in [-0.2, -0.15) is 0 Å². The van der Waals surface area contributed by atoms with E-state index < -0.39 is 0 Å². The number of nitrogens with zero attached hydrogens (tertiary/aromatic N) is 1. The maximum Gasteiger partial charge on any atom is 0.318 e. The number of methoxy groups -OCH3 is 1. The summed E-state index contributed by atoms with van der Waals surface area (Å²) in [5.41, 5.74) is 2.03. The number of urea groups is 1. The standard InChI is InChI=1S/C19H29N3O4/c1-14(2)21-19(24)22-9-11-26-17-6-4-15(12-16(17)13-22)5-7-18(23)20-8-10-25-3/h4,6,12,14H,5,7-11,13H2,1-3H3,(H,20,23)(H,21,24). The highest BCUT2D eigenvalue weighted by Crippen LogP contribution is 2.25. The van der Waals surface area contributed by atoms with Gasteiger partial charge in [-0.05, 0) is 31.9 Å². The lowest BCUT2D eigenvalue weighted by Crippen LogP contribution is -2.43. The molecule has 0 radical (unpaired) electrons. The number of carbonyl (C=O) groups excluding carboxylic acids is 2. The van der Waals surface area contributed by atoms with Gasteiger partial charge in [0.1, 0.15) is 12.4 Å². The van der Waals surface area contributed by atoms with E-state index >= 15 is 0 Å². The summed E-state index contributed by atoms with van der Waals surface area (Å²) in [5, 5.41) is 5.73. The van der Waals surface area contributed by atoms with Crippen molar-refractivity contribution in [1.82, 2.24) is 15.5 Å². The number of amides is 3. The fourth-order valence-electron chi connectivity index (χ4n) is 2.75. The van der Waals surface area contributed by atoms with E-state index in [1.54, 1.807) is 12.0 Å². The van der Waals surface area contributed by atoms with Crippen LogP contribution in [-0.2, 0) is 22.5 Å². The Hall–Kier alpha value is -2.28. The van der Waals surface area contributed by atoms with Crippen LogP contribution in [0.2, 0.25) is 0 Å². The molecule has 2 N–H and O–H groups in total. The fraction of sp³-hybridized carbons (Fsp3) is 0.579. The molecule has 7 nitrogen and oxygen atoms in total. The molecule has 26 heavy (non-hydrogen) atoms. The van der Waals surface area contributed by atoms with Crippen LogP contribution in [0, 0.1) is 0 Å². The molecule has 1 aliphatic heterocycles. The van der Waals surface area contributed by atoms with Crippen molar-refractivity contribution in [2.24, 2.45) is 0 Å². The molecule has 2 rings (SSSR count). The fourth-order valence-corrected chi connectivity index (χ4v) is 2.75. The van der Waals surface area contributed by atoms with Gasteiger partial charge in [0.15, 0.2) is 0 Å². The number of fused-ring (bicyclic) bond motifs is 1. The number of rotatable bonds is 7. The molecule has 0 spiro atoms. The van der Waals surface area contributed by atoms with E-state index in [2.05, 4.69) is 10.6 Å². The van der Waals surface area contributed by atoms with Crippen molar-refractivity contribution < 1.29 is 19.1 Å². The lowest BCUT2D eigenvalue weighted by molar-refractivity contribution is -0.121. The number of benzene rings is 1. The summed E-state index contributed by atoms with van der Waals surface area (Å²) in [6.07, 6.45) is 1.06. The average Bonchev–Trinajstić information content (AvgIpc) is 2.81. The molecule has 0 atom stereocenters. The summed E-state index contributed by atoms with van der Waals surface area (Å²) < 4.78 is 10.7. The van der Waals surface area contributed by atoms with Gasteiger partial charge in [0.2, 0.25) is 5.91 Å². The third-order valence-electron chi connectivity index (χ3n) is 4.07. The number of aryl methyl sites for hydroxylation is 1. The first-order valence-electron chi connectivity index (χ1n) is 9.05. The molecule has 144 valence electrons. The van der Waals surface area contributed by atoms with Gasteiger partial charge < -0.3 is 25.0 Å². The Morgan fingerprint density at radius 1 is 1.35 bits per heavy atom. The lowest BCUT2D eigenvalue weighted by atomic mass is 10.0. The van der Waals surface area contributed by atoms with Crippen molar-refractivity contribution in [3.05, 3.63) is 29.3 Å². The van der Waals surface area contributed by atoms with Crippen LogP contribution in [-0.4, -0.2) is 56.3 Å². The van der Waals surface area contributed by atoms with Crippen molar-refractivity contribution in [3.63, 3.8) is 0 Å². The minimum Gasteiger partial charge on any atom is -0.491 e. The normalized spacial score (nSPS) is 13.6. The third-order valence-corrected chi connectivity index (χ3v) is 4.07. The van der Waals surface area contributed by atoms with E-state index in [0.717, 1.165) is 16.9 Å². The highest BCUT2D eigenvalue weighted by molar-refractivity contribution is 5.76. The second kappa shape index (κ2) is 10.0. The second-order valence-electron chi connectivity index (χ2n) is 6.66. The van der Waals surface area contributed by atoms with Gasteiger partial charge in [-0.15, -0.1) is 0 Å². The minimum absolute atomic E-state index is 0.00572. The van der Waals surface area contributed by atoms with Gasteiger partial charge >= 0.3 is 6.03 Å². The van der Waals surface area contributed by atoms with Crippen molar-refractivity contribution in [2.45, 2.75) is 39.3 Å². The van der Waals surface area contributed by atoms with Gasteiger partial charge in [-0.25, -0.2) is 4.79 Å². The van der Waals surface area contributed by atoms with Crippen LogP contribution in [0.5, 0.6) is 5.75 Å². The van der Waals surface area contributed by atoms with E-state index in [9.17, 15) is 9.59 Å². The monoisotopic (exact) mass is 363 g/mol. The maximum absolute atomic E-state index is 12.3. The van der Waals surface area contributed by atoms with E-state index in [1.807, 2.05) is 32.0 Å². The molecule has 0 aromatic heterocycles. The van der Waals surface area contributed by atoms with Crippen LogP contribution in [0.25, 0.3) is 0 Å².